The van der Waals surface area contributed by atoms with Crippen LogP contribution in [0, 0.1) is 46.8 Å². The van der Waals surface area contributed by atoms with Crippen LogP contribution in [0.3, 0.4) is 0 Å². The Kier molecular flexibility index (Phi) is 3.66. The summed E-state index contributed by atoms with van der Waals surface area (Å²) in [5.41, 5.74) is 0.527. The van der Waals surface area contributed by atoms with Crippen molar-refractivity contribution in [3.05, 3.63) is 0 Å². The average molecular weight is 315 g/mol. The molecular formula is C22H34O. The smallest absolute Gasteiger partial charge is 0.133 e. The van der Waals surface area contributed by atoms with Gasteiger partial charge < -0.3 is 4.74 Å². The molecule has 7 atom stereocenters. The summed E-state index contributed by atoms with van der Waals surface area (Å²) < 4.78 is 6.00. The van der Waals surface area contributed by atoms with Crippen LogP contribution in [0.25, 0.3) is 0 Å². The minimum absolute atomic E-state index is 0.204. The SMILES string of the molecule is C#CC1(OC)CC[C@H]2[C@@H]3CCC4CCCC[C@]4(C)[C@@H]3CC[C@@]21C. The summed E-state index contributed by atoms with van der Waals surface area (Å²) in [5.74, 6) is 6.75. The molecule has 4 fully saturated rings. The zero-order chi connectivity index (χ0) is 16.3. The topological polar surface area (TPSA) is 9.23 Å². The Labute approximate surface area is 142 Å². The highest BCUT2D eigenvalue weighted by atomic mass is 16.5. The first-order chi connectivity index (χ1) is 11.0. The first-order valence-corrected chi connectivity index (χ1v) is 10.0. The summed E-state index contributed by atoms with van der Waals surface area (Å²) in [6, 6.07) is 0. The van der Waals surface area contributed by atoms with Gasteiger partial charge in [0.25, 0.3) is 0 Å². The Morgan fingerprint density at radius 2 is 1.70 bits per heavy atom. The quantitative estimate of drug-likeness (QED) is 0.586. The van der Waals surface area contributed by atoms with Crippen molar-refractivity contribution in [2.75, 3.05) is 7.11 Å². The molecule has 0 saturated heterocycles. The molecule has 0 aromatic heterocycles. The van der Waals surface area contributed by atoms with Crippen molar-refractivity contribution in [2.24, 2.45) is 34.5 Å². The van der Waals surface area contributed by atoms with Crippen LogP contribution in [0.1, 0.15) is 78.1 Å². The third kappa shape index (κ3) is 1.91. The van der Waals surface area contributed by atoms with E-state index in [0.29, 0.717) is 5.41 Å². The van der Waals surface area contributed by atoms with E-state index in [1.54, 1.807) is 0 Å². The molecule has 1 heteroatoms. The van der Waals surface area contributed by atoms with Crippen molar-refractivity contribution in [1.29, 1.82) is 0 Å². The van der Waals surface area contributed by atoms with Gasteiger partial charge in [0.1, 0.15) is 5.60 Å². The van der Waals surface area contributed by atoms with Gasteiger partial charge in [0, 0.05) is 12.5 Å². The minimum Gasteiger partial charge on any atom is -0.365 e. The largest absolute Gasteiger partial charge is 0.365 e. The summed E-state index contributed by atoms with van der Waals surface area (Å²) in [6.07, 6.45) is 19.9. The highest BCUT2D eigenvalue weighted by Crippen LogP contribution is 2.68. The normalized spacial score (nSPS) is 55.4. The number of methoxy groups -OCH3 is 1. The van der Waals surface area contributed by atoms with Crippen molar-refractivity contribution in [3.8, 4) is 12.3 Å². The van der Waals surface area contributed by atoms with Crippen molar-refractivity contribution >= 4 is 0 Å². The van der Waals surface area contributed by atoms with Gasteiger partial charge in [-0.15, -0.1) is 6.42 Å². The Morgan fingerprint density at radius 1 is 0.913 bits per heavy atom. The molecule has 4 rings (SSSR count). The van der Waals surface area contributed by atoms with Crippen LogP contribution >= 0.6 is 0 Å². The highest BCUT2D eigenvalue weighted by molar-refractivity contribution is 5.24. The number of rotatable bonds is 1. The molecule has 0 aliphatic heterocycles. The van der Waals surface area contributed by atoms with E-state index in [1.165, 1.54) is 57.8 Å². The first kappa shape index (κ1) is 16.0. The van der Waals surface area contributed by atoms with E-state index in [-0.39, 0.29) is 11.0 Å². The summed E-state index contributed by atoms with van der Waals surface area (Å²) >= 11 is 0. The fourth-order valence-corrected chi connectivity index (χ4v) is 7.92. The van der Waals surface area contributed by atoms with E-state index in [9.17, 15) is 0 Å². The third-order valence-electron chi connectivity index (χ3n) is 9.28. The molecule has 4 aliphatic carbocycles. The maximum absolute atomic E-state index is 6.00. The summed E-state index contributed by atoms with van der Waals surface area (Å²) in [4.78, 5) is 0. The molecule has 0 spiro atoms. The highest BCUT2D eigenvalue weighted by Gasteiger charge is 2.64. The van der Waals surface area contributed by atoms with E-state index in [4.69, 9.17) is 11.2 Å². The number of ether oxygens (including phenoxy) is 1. The predicted octanol–water partition coefficient (Wildman–Crippen LogP) is 5.44. The van der Waals surface area contributed by atoms with Crippen molar-refractivity contribution in [1.82, 2.24) is 0 Å². The predicted molar refractivity (Wildman–Crippen MR) is 94.9 cm³/mol. The molecule has 1 nitrogen and oxygen atoms in total. The molecule has 0 N–H and O–H groups in total. The Balaban J connectivity index is 1.67. The van der Waals surface area contributed by atoms with Gasteiger partial charge in [-0.25, -0.2) is 0 Å². The second kappa shape index (κ2) is 5.26. The van der Waals surface area contributed by atoms with Crippen LogP contribution in [0.2, 0.25) is 0 Å². The van der Waals surface area contributed by atoms with Gasteiger partial charge in [-0.05, 0) is 80.5 Å². The maximum Gasteiger partial charge on any atom is 0.133 e. The molecule has 23 heavy (non-hydrogen) atoms. The second-order valence-electron chi connectivity index (χ2n) is 9.57. The molecule has 2 unspecified atom stereocenters. The minimum atomic E-state index is -0.299. The van der Waals surface area contributed by atoms with E-state index < -0.39 is 0 Å². The van der Waals surface area contributed by atoms with E-state index >= 15 is 0 Å². The second-order valence-corrected chi connectivity index (χ2v) is 9.57. The average Bonchev–Trinajstić information content (AvgIpc) is 2.87. The number of hydrogen-bond donors (Lipinski definition) is 0. The fraction of sp³-hybridized carbons (Fsp3) is 0.909. The molecule has 4 aliphatic rings. The Morgan fingerprint density at radius 3 is 2.43 bits per heavy atom. The van der Waals surface area contributed by atoms with Crippen LogP contribution in [0.4, 0.5) is 0 Å². The third-order valence-corrected chi connectivity index (χ3v) is 9.28. The molecule has 0 bridgehead atoms. The van der Waals surface area contributed by atoms with Crippen LogP contribution in [-0.2, 0) is 4.74 Å². The van der Waals surface area contributed by atoms with Crippen LogP contribution in [0.5, 0.6) is 0 Å². The fourth-order valence-electron chi connectivity index (χ4n) is 7.92. The zero-order valence-electron chi connectivity index (χ0n) is 15.4. The van der Waals surface area contributed by atoms with Crippen LogP contribution in [-0.4, -0.2) is 12.7 Å². The van der Waals surface area contributed by atoms with Gasteiger partial charge in [0.2, 0.25) is 0 Å². The van der Waals surface area contributed by atoms with Crippen molar-refractivity contribution in [3.63, 3.8) is 0 Å². The maximum atomic E-state index is 6.00. The summed E-state index contributed by atoms with van der Waals surface area (Å²) in [6.45, 7) is 5.11. The number of terminal acetylenes is 1. The molecule has 0 heterocycles. The molecular weight excluding hydrogens is 280 g/mol. The molecule has 4 saturated carbocycles. The molecule has 0 amide bonds. The van der Waals surface area contributed by atoms with Crippen LogP contribution < -0.4 is 0 Å². The van der Waals surface area contributed by atoms with Crippen molar-refractivity contribution < 1.29 is 4.74 Å². The monoisotopic (exact) mass is 314 g/mol. The number of fused-ring (bicyclic) bond motifs is 5. The van der Waals surface area contributed by atoms with Gasteiger partial charge >= 0.3 is 0 Å². The number of hydrogen-bond acceptors (Lipinski definition) is 1. The summed E-state index contributed by atoms with van der Waals surface area (Å²) in [7, 11) is 1.85. The van der Waals surface area contributed by atoms with E-state index in [0.717, 1.165) is 30.1 Å². The lowest BCUT2D eigenvalue weighted by Crippen LogP contribution is -2.56. The van der Waals surface area contributed by atoms with Gasteiger partial charge in [-0.3, -0.25) is 0 Å². The Bertz CT molecular complexity index is 519. The first-order valence-electron chi connectivity index (χ1n) is 10.0. The lowest BCUT2D eigenvalue weighted by Gasteiger charge is -2.61. The van der Waals surface area contributed by atoms with Crippen molar-refractivity contribution in [2.45, 2.75) is 83.7 Å². The van der Waals surface area contributed by atoms with E-state index in [2.05, 4.69) is 19.8 Å². The molecule has 0 aromatic rings. The van der Waals surface area contributed by atoms with E-state index in [1.807, 2.05) is 7.11 Å². The molecule has 0 radical (unpaired) electrons. The molecule has 0 aromatic carbocycles. The van der Waals surface area contributed by atoms with Gasteiger partial charge in [0.15, 0.2) is 0 Å². The summed E-state index contributed by atoms with van der Waals surface area (Å²) in [5, 5.41) is 0. The van der Waals surface area contributed by atoms with Crippen LogP contribution in [0.15, 0.2) is 0 Å². The van der Waals surface area contributed by atoms with Gasteiger partial charge in [-0.1, -0.05) is 32.6 Å². The lowest BCUT2D eigenvalue weighted by molar-refractivity contribution is -0.142. The standard InChI is InChI=1S/C22H34O/c1-5-22(23-4)15-12-19-17-10-9-16-8-6-7-13-20(16,2)18(17)11-14-21(19,22)3/h1,16-19H,6-15H2,2-4H3/t16?,17-,18-,19+,20+,21+,22?/m1/s1. The van der Waals surface area contributed by atoms with Gasteiger partial charge in [0.05, 0.1) is 0 Å². The Hall–Kier alpha value is -0.480. The molecule has 128 valence electrons. The van der Waals surface area contributed by atoms with Gasteiger partial charge in [-0.2, -0.15) is 0 Å². The lowest BCUT2D eigenvalue weighted by atomic mass is 9.44. The zero-order valence-corrected chi connectivity index (χ0v) is 15.4.